The van der Waals surface area contributed by atoms with Gasteiger partial charge in [-0.05, 0) is 37.8 Å². The van der Waals surface area contributed by atoms with Crippen molar-refractivity contribution in [3.63, 3.8) is 0 Å². The summed E-state index contributed by atoms with van der Waals surface area (Å²) in [5.41, 5.74) is 5.62. The van der Waals surface area contributed by atoms with Gasteiger partial charge in [0.1, 0.15) is 5.82 Å². The Kier molecular flexibility index (Phi) is 3.48. The van der Waals surface area contributed by atoms with Crippen molar-refractivity contribution in [2.24, 2.45) is 5.73 Å². The summed E-state index contributed by atoms with van der Waals surface area (Å²) in [6.07, 6.45) is 2.66. The fourth-order valence-corrected chi connectivity index (χ4v) is 3.10. The molecule has 0 unspecified atom stereocenters. The number of rotatable bonds is 2. The first-order chi connectivity index (χ1) is 10.4. The third-order valence-electron chi connectivity index (χ3n) is 3.93. The van der Waals surface area contributed by atoms with Crippen molar-refractivity contribution in [1.82, 2.24) is 0 Å². The normalized spacial score (nSPS) is 18.0. The van der Waals surface area contributed by atoms with Crippen LogP contribution in [-0.2, 0) is 9.59 Å². The van der Waals surface area contributed by atoms with Gasteiger partial charge >= 0.3 is 0 Å². The summed E-state index contributed by atoms with van der Waals surface area (Å²) in [7, 11) is 0. The van der Waals surface area contributed by atoms with Crippen LogP contribution < -0.4 is 10.6 Å². The topological polar surface area (TPSA) is 80.5 Å². The molecular formula is C15H12ClFN2O3. The van der Waals surface area contributed by atoms with E-state index in [0.717, 1.165) is 29.9 Å². The molecule has 1 heterocycles. The smallest absolute Gasteiger partial charge is 0.261 e. The Bertz CT molecular complexity index is 729. The van der Waals surface area contributed by atoms with Crippen molar-refractivity contribution in [2.45, 2.75) is 25.7 Å². The first-order valence-electron chi connectivity index (χ1n) is 6.81. The summed E-state index contributed by atoms with van der Waals surface area (Å²) < 4.78 is 14.2. The van der Waals surface area contributed by atoms with Crippen LogP contribution in [0.15, 0.2) is 23.3 Å². The maximum Gasteiger partial charge on any atom is 0.261 e. The predicted molar refractivity (Wildman–Crippen MR) is 77.9 cm³/mol. The predicted octanol–water partition coefficient (Wildman–Crippen LogP) is 2.32. The number of nitrogens with zero attached hydrogens (tertiary/aromatic N) is 1. The van der Waals surface area contributed by atoms with Crippen molar-refractivity contribution < 1.29 is 18.8 Å². The molecule has 3 amide bonds. The van der Waals surface area contributed by atoms with Crippen molar-refractivity contribution in [3.8, 4) is 0 Å². The van der Waals surface area contributed by atoms with E-state index in [9.17, 15) is 18.8 Å². The summed E-state index contributed by atoms with van der Waals surface area (Å²) in [5.74, 6) is -2.77. The Labute approximate surface area is 130 Å². The Balaban J connectivity index is 2.09. The zero-order chi connectivity index (χ0) is 16.0. The van der Waals surface area contributed by atoms with E-state index in [1.807, 2.05) is 0 Å². The Morgan fingerprint density at radius 3 is 2.18 bits per heavy atom. The van der Waals surface area contributed by atoms with Crippen LogP contribution in [0.25, 0.3) is 0 Å². The molecule has 5 nitrogen and oxygen atoms in total. The largest absolute Gasteiger partial charge is 0.366 e. The molecule has 1 aromatic rings. The Morgan fingerprint density at radius 1 is 1.14 bits per heavy atom. The number of benzene rings is 1. The van der Waals surface area contributed by atoms with Gasteiger partial charge < -0.3 is 5.73 Å². The van der Waals surface area contributed by atoms with E-state index in [2.05, 4.69) is 0 Å². The molecule has 0 fully saturated rings. The third kappa shape index (κ3) is 2.11. The third-order valence-corrected chi connectivity index (χ3v) is 4.25. The van der Waals surface area contributed by atoms with E-state index in [0.29, 0.717) is 24.0 Å². The first kappa shape index (κ1) is 14.7. The lowest BCUT2D eigenvalue weighted by Crippen LogP contribution is -2.32. The second-order valence-corrected chi connectivity index (χ2v) is 5.66. The SMILES string of the molecule is NC(=O)c1cc(N2C(=O)C3=C(CCCC3)C2=O)c(F)cc1Cl. The lowest BCUT2D eigenvalue weighted by atomic mass is 9.93. The van der Waals surface area contributed by atoms with Gasteiger partial charge in [-0.25, -0.2) is 9.29 Å². The van der Waals surface area contributed by atoms with E-state index < -0.39 is 23.5 Å². The van der Waals surface area contributed by atoms with Gasteiger partial charge in [0.25, 0.3) is 11.8 Å². The van der Waals surface area contributed by atoms with Crippen molar-refractivity contribution in [2.75, 3.05) is 4.90 Å². The number of carbonyl (C=O) groups excluding carboxylic acids is 3. The van der Waals surface area contributed by atoms with Crippen molar-refractivity contribution in [3.05, 3.63) is 39.7 Å². The standard InChI is InChI=1S/C15H12ClFN2O3/c16-10-6-11(17)12(5-9(10)13(18)20)19-14(21)7-3-1-2-4-8(7)15(19)22/h5-6H,1-4H2,(H2,18,20). The van der Waals surface area contributed by atoms with Gasteiger partial charge in [0.2, 0.25) is 5.91 Å². The van der Waals surface area contributed by atoms with E-state index in [-0.39, 0.29) is 16.3 Å². The van der Waals surface area contributed by atoms with Gasteiger partial charge in [0, 0.05) is 11.1 Å². The minimum absolute atomic E-state index is 0.136. The number of carbonyl (C=O) groups is 3. The van der Waals surface area contributed by atoms with Crippen molar-refractivity contribution >= 4 is 35.0 Å². The first-order valence-corrected chi connectivity index (χ1v) is 7.19. The molecule has 1 aromatic carbocycles. The molecule has 1 aliphatic heterocycles. The maximum absolute atomic E-state index is 14.2. The van der Waals surface area contributed by atoms with Crippen molar-refractivity contribution in [1.29, 1.82) is 0 Å². The fourth-order valence-electron chi connectivity index (χ4n) is 2.86. The van der Waals surface area contributed by atoms with Gasteiger partial charge in [-0.3, -0.25) is 14.4 Å². The molecular weight excluding hydrogens is 311 g/mol. The molecule has 0 saturated carbocycles. The number of anilines is 1. The summed E-state index contributed by atoms with van der Waals surface area (Å²) in [6.45, 7) is 0. The Morgan fingerprint density at radius 2 is 1.68 bits per heavy atom. The van der Waals surface area contributed by atoms with E-state index >= 15 is 0 Å². The van der Waals surface area contributed by atoms with Gasteiger partial charge in [-0.15, -0.1) is 0 Å². The van der Waals surface area contributed by atoms with Crippen LogP contribution in [0.5, 0.6) is 0 Å². The molecule has 22 heavy (non-hydrogen) atoms. The molecule has 3 rings (SSSR count). The second-order valence-electron chi connectivity index (χ2n) is 5.26. The van der Waals surface area contributed by atoms with Crippen LogP contribution in [0.1, 0.15) is 36.0 Å². The van der Waals surface area contributed by atoms with Crippen LogP contribution in [0.2, 0.25) is 5.02 Å². The molecule has 0 bridgehead atoms. The average molecular weight is 323 g/mol. The highest BCUT2D eigenvalue weighted by Gasteiger charge is 2.41. The molecule has 0 atom stereocenters. The highest BCUT2D eigenvalue weighted by molar-refractivity contribution is 6.35. The molecule has 2 aliphatic rings. The lowest BCUT2D eigenvalue weighted by molar-refractivity contribution is -0.120. The zero-order valence-corrected chi connectivity index (χ0v) is 12.2. The Hall–Kier alpha value is -2.21. The number of imide groups is 1. The molecule has 0 saturated heterocycles. The van der Waals surface area contributed by atoms with Gasteiger partial charge in [0.05, 0.1) is 16.3 Å². The molecule has 114 valence electrons. The number of hydrogen-bond acceptors (Lipinski definition) is 3. The molecule has 0 aromatic heterocycles. The second kappa shape index (κ2) is 5.21. The molecule has 0 radical (unpaired) electrons. The average Bonchev–Trinajstić information content (AvgIpc) is 2.72. The van der Waals surface area contributed by atoms with Crippen LogP contribution in [0.3, 0.4) is 0 Å². The van der Waals surface area contributed by atoms with E-state index in [1.165, 1.54) is 0 Å². The number of nitrogens with two attached hydrogens (primary N) is 1. The molecule has 1 aliphatic carbocycles. The zero-order valence-electron chi connectivity index (χ0n) is 11.5. The van der Waals surface area contributed by atoms with Crippen LogP contribution in [-0.4, -0.2) is 17.7 Å². The highest BCUT2D eigenvalue weighted by Crippen LogP contribution is 2.37. The number of halogens is 2. The van der Waals surface area contributed by atoms with Gasteiger partial charge in [-0.1, -0.05) is 11.6 Å². The highest BCUT2D eigenvalue weighted by atomic mass is 35.5. The summed E-state index contributed by atoms with van der Waals surface area (Å²) >= 11 is 5.76. The number of hydrogen-bond donors (Lipinski definition) is 1. The number of primary amides is 1. The fraction of sp³-hybridized carbons (Fsp3) is 0.267. The summed E-state index contributed by atoms with van der Waals surface area (Å²) in [6, 6.07) is 1.93. The number of amides is 3. The maximum atomic E-state index is 14.2. The van der Waals surface area contributed by atoms with E-state index in [4.69, 9.17) is 17.3 Å². The minimum Gasteiger partial charge on any atom is -0.366 e. The molecule has 2 N–H and O–H groups in total. The molecule has 7 heteroatoms. The monoisotopic (exact) mass is 322 g/mol. The van der Waals surface area contributed by atoms with Crippen LogP contribution in [0.4, 0.5) is 10.1 Å². The molecule has 0 spiro atoms. The summed E-state index contributed by atoms with van der Waals surface area (Å²) in [4.78, 5) is 36.9. The lowest BCUT2D eigenvalue weighted by Gasteiger charge is -2.17. The van der Waals surface area contributed by atoms with Gasteiger partial charge in [-0.2, -0.15) is 0 Å². The minimum atomic E-state index is -0.858. The van der Waals surface area contributed by atoms with E-state index in [1.54, 1.807) is 0 Å². The quantitative estimate of drug-likeness (QED) is 0.848. The van der Waals surface area contributed by atoms with Crippen LogP contribution >= 0.6 is 11.6 Å². The van der Waals surface area contributed by atoms with Gasteiger partial charge in [0.15, 0.2) is 0 Å². The summed E-state index contributed by atoms with van der Waals surface area (Å²) in [5, 5.41) is -0.162. The van der Waals surface area contributed by atoms with Crippen LogP contribution in [0, 0.1) is 5.82 Å².